The summed E-state index contributed by atoms with van der Waals surface area (Å²) in [4.78, 5) is 0. The average Bonchev–Trinajstić information content (AvgIpc) is 2.23. The molecular formula is C10H12FNO2. The van der Waals surface area contributed by atoms with Crippen molar-refractivity contribution in [1.82, 2.24) is 5.32 Å². The molecule has 1 aromatic rings. The first-order chi connectivity index (χ1) is 6.77. The van der Waals surface area contributed by atoms with Crippen LogP contribution < -0.4 is 5.32 Å². The van der Waals surface area contributed by atoms with Gasteiger partial charge in [-0.3, -0.25) is 0 Å². The zero-order valence-corrected chi connectivity index (χ0v) is 7.66. The maximum absolute atomic E-state index is 13.3. The second kappa shape index (κ2) is 3.94. The third-order valence-corrected chi connectivity index (χ3v) is 2.28. The molecule has 2 rings (SSSR count). The number of morpholine rings is 1. The highest BCUT2D eigenvalue weighted by Gasteiger charge is 2.18. The second-order valence-electron chi connectivity index (χ2n) is 3.29. The lowest BCUT2D eigenvalue weighted by molar-refractivity contribution is 0.0757. The van der Waals surface area contributed by atoms with Gasteiger partial charge >= 0.3 is 0 Å². The Morgan fingerprint density at radius 3 is 3.07 bits per heavy atom. The van der Waals surface area contributed by atoms with Gasteiger partial charge in [-0.1, -0.05) is 0 Å². The molecule has 0 bridgehead atoms. The third-order valence-electron chi connectivity index (χ3n) is 2.28. The molecule has 0 saturated carbocycles. The molecule has 14 heavy (non-hydrogen) atoms. The summed E-state index contributed by atoms with van der Waals surface area (Å²) in [7, 11) is 0. The molecule has 0 spiro atoms. The van der Waals surface area contributed by atoms with Crippen LogP contribution in [0.15, 0.2) is 18.2 Å². The van der Waals surface area contributed by atoms with E-state index in [1.165, 1.54) is 18.2 Å². The molecule has 76 valence electrons. The van der Waals surface area contributed by atoms with Gasteiger partial charge in [0.2, 0.25) is 0 Å². The molecular weight excluding hydrogens is 185 g/mol. The quantitative estimate of drug-likeness (QED) is 0.710. The molecule has 3 nitrogen and oxygen atoms in total. The Labute approximate surface area is 81.5 Å². The number of halogens is 1. The topological polar surface area (TPSA) is 41.5 Å². The first kappa shape index (κ1) is 9.43. The Balaban J connectivity index is 2.24. The van der Waals surface area contributed by atoms with E-state index in [0.29, 0.717) is 25.3 Å². The molecule has 1 atom stereocenters. The molecule has 0 aromatic heterocycles. The van der Waals surface area contributed by atoms with Crippen molar-refractivity contribution in [2.75, 3.05) is 19.8 Å². The minimum absolute atomic E-state index is 0.0776. The SMILES string of the molecule is Oc1ccc(F)c([C@@H]2COCCN2)c1. The zero-order valence-electron chi connectivity index (χ0n) is 7.66. The molecule has 4 heteroatoms. The number of aromatic hydroxyl groups is 1. The summed E-state index contributed by atoms with van der Waals surface area (Å²) in [5.74, 6) is -0.237. The Morgan fingerprint density at radius 1 is 1.50 bits per heavy atom. The van der Waals surface area contributed by atoms with Gasteiger partial charge in [0.15, 0.2) is 0 Å². The lowest BCUT2D eigenvalue weighted by Crippen LogP contribution is -2.35. The normalized spacial score (nSPS) is 22.2. The Hall–Kier alpha value is -1.13. The predicted octanol–water partition coefficient (Wildman–Crippen LogP) is 1.19. The third kappa shape index (κ3) is 1.86. The molecule has 0 unspecified atom stereocenters. The number of phenols is 1. The van der Waals surface area contributed by atoms with E-state index in [9.17, 15) is 9.50 Å². The van der Waals surface area contributed by atoms with Crippen LogP contribution in [0.2, 0.25) is 0 Å². The van der Waals surface area contributed by atoms with Crippen molar-refractivity contribution < 1.29 is 14.2 Å². The highest BCUT2D eigenvalue weighted by atomic mass is 19.1. The van der Waals surface area contributed by atoms with Gasteiger partial charge < -0.3 is 15.2 Å². The first-order valence-corrected chi connectivity index (χ1v) is 4.57. The molecule has 1 aliphatic rings. The average molecular weight is 197 g/mol. The largest absolute Gasteiger partial charge is 0.508 e. The van der Waals surface area contributed by atoms with Gasteiger partial charge in [0.1, 0.15) is 11.6 Å². The number of hydrogen-bond donors (Lipinski definition) is 2. The fourth-order valence-electron chi connectivity index (χ4n) is 1.56. The van der Waals surface area contributed by atoms with E-state index < -0.39 is 0 Å². The molecule has 1 heterocycles. The number of benzene rings is 1. The van der Waals surface area contributed by atoms with Gasteiger partial charge in [0, 0.05) is 12.1 Å². The van der Waals surface area contributed by atoms with E-state index in [-0.39, 0.29) is 17.6 Å². The Bertz CT molecular complexity index is 324. The van der Waals surface area contributed by atoms with Crippen LogP contribution in [-0.4, -0.2) is 24.9 Å². The van der Waals surface area contributed by atoms with Crippen LogP contribution in [0.3, 0.4) is 0 Å². The lowest BCUT2D eigenvalue weighted by atomic mass is 10.1. The monoisotopic (exact) mass is 197 g/mol. The van der Waals surface area contributed by atoms with E-state index in [2.05, 4.69) is 5.32 Å². The van der Waals surface area contributed by atoms with Gasteiger partial charge in [-0.15, -0.1) is 0 Å². The minimum atomic E-state index is -0.314. The van der Waals surface area contributed by atoms with Crippen LogP contribution in [-0.2, 0) is 4.74 Å². The molecule has 1 saturated heterocycles. The number of rotatable bonds is 1. The number of hydrogen-bond acceptors (Lipinski definition) is 3. The van der Waals surface area contributed by atoms with Gasteiger partial charge in [-0.25, -0.2) is 4.39 Å². The van der Waals surface area contributed by atoms with Crippen LogP contribution in [0.4, 0.5) is 4.39 Å². The first-order valence-electron chi connectivity index (χ1n) is 4.57. The van der Waals surface area contributed by atoms with Crippen LogP contribution in [0.25, 0.3) is 0 Å². The Morgan fingerprint density at radius 2 is 2.36 bits per heavy atom. The maximum atomic E-state index is 13.3. The van der Waals surface area contributed by atoms with Crippen molar-refractivity contribution in [3.63, 3.8) is 0 Å². The number of phenolic OH excluding ortho intramolecular Hbond substituents is 1. The van der Waals surface area contributed by atoms with Crippen molar-refractivity contribution in [2.45, 2.75) is 6.04 Å². The summed E-state index contributed by atoms with van der Waals surface area (Å²) in [6.45, 7) is 1.80. The van der Waals surface area contributed by atoms with Crippen molar-refractivity contribution in [3.05, 3.63) is 29.6 Å². The predicted molar refractivity (Wildman–Crippen MR) is 49.6 cm³/mol. The van der Waals surface area contributed by atoms with Gasteiger partial charge in [0.25, 0.3) is 0 Å². The van der Waals surface area contributed by atoms with E-state index in [1.807, 2.05) is 0 Å². The van der Waals surface area contributed by atoms with Crippen LogP contribution in [0, 0.1) is 5.82 Å². The molecule has 0 amide bonds. The molecule has 2 N–H and O–H groups in total. The summed E-state index contributed by atoms with van der Waals surface area (Å²) in [5, 5.41) is 12.4. The second-order valence-corrected chi connectivity index (χ2v) is 3.29. The van der Waals surface area contributed by atoms with Crippen molar-refractivity contribution in [3.8, 4) is 5.75 Å². The number of ether oxygens (including phenoxy) is 1. The van der Waals surface area contributed by atoms with E-state index >= 15 is 0 Å². The van der Waals surface area contributed by atoms with Gasteiger partial charge in [-0.05, 0) is 18.2 Å². The molecule has 0 radical (unpaired) electrons. The maximum Gasteiger partial charge on any atom is 0.128 e. The highest BCUT2D eigenvalue weighted by molar-refractivity contribution is 5.31. The molecule has 1 aliphatic heterocycles. The van der Waals surface area contributed by atoms with Gasteiger partial charge in [0.05, 0.1) is 19.3 Å². The smallest absolute Gasteiger partial charge is 0.128 e. The summed E-state index contributed by atoms with van der Waals surface area (Å²) >= 11 is 0. The highest BCUT2D eigenvalue weighted by Crippen LogP contribution is 2.23. The number of nitrogens with one attached hydrogen (secondary N) is 1. The van der Waals surface area contributed by atoms with Crippen LogP contribution in [0.1, 0.15) is 11.6 Å². The van der Waals surface area contributed by atoms with Crippen molar-refractivity contribution in [1.29, 1.82) is 0 Å². The zero-order chi connectivity index (χ0) is 9.97. The summed E-state index contributed by atoms with van der Waals surface area (Å²) in [5.41, 5.74) is 0.463. The fourth-order valence-corrected chi connectivity index (χ4v) is 1.56. The molecule has 1 aromatic carbocycles. The standard InChI is InChI=1S/C10H12FNO2/c11-9-2-1-7(13)5-8(9)10-6-14-4-3-12-10/h1-2,5,10,12-13H,3-4,6H2/t10-/m0/s1. The van der Waals surface area contributed by atoms with E-state index in [4.69, 9.17) is 4.74 Å². The summed E-state index contributed by atoms with van der Waals surface area (Å²) < 4.78 is 18.6. The Kier molecular flexibility index (Phi) is 2.65. The summed E-state index contributed by atoms with van der Waals surface area (Å²) in [6, 6.07) is 3.88. The lowest BCUT2D eigenvalue weighted by Gasteiger charge is -2.24. The fraction of sp³-hybridized carbons (Fsp3) is 0.400. The molecule has 1 fully saturated rings. The minimum Gasteiger partial charge on any atom is -0.508 e. The van der Waals surface area contributed by atoms with Crippen molar-refractivity contribution in [2.24, 2.45) is 0 Å². The van der Waals surface area contributed by atoms with E-state index in [0.717, 1.165) is 0 Å². The van der Waals surface area contributed by atoms with E-state index in [1.54, 1.807) is 0 Å². The van der Waals surface area contributed by atoms with Gasteiger partial charge in [-0.2, -0.15) is 0 Å². The van der Waals surface area contributed by atoms with Crippen LogP contribution >= 0.6 is 0 Å². The van der Waals surface area contributed by atoms with Crippen LogP contribution in [0.5, 0.6) is 5.75 Å². The van der Waals surface area contributed by atoms with Crippen molar-refractivity contribution >= 4 is 0 Å². The summed E-state index contributed by atoms with van der Waals surface area (Å²) in [6.07, 6.45) is 0. The molecule has 0 aliphatic carbocycles.